The van der Waals surface area contributed by atoms with E-state index in [2.05, 4.69) is 34.6 Å². The van der Waals surface area contributed by atoms with Gasteiger partial charge >= 0.3 is 0 Å². The number of ether oxygens (including phenoxy) is 2. The second-order valence-corrected chi connectivity index (χ2v) is 8.13. The van der Waals surface area contributed by atoms with Crippen molar-refractivity contribution in [2.75, 3.05) is 12.1 Å². The Labute approximate surface area is 158 Å². The normalized spacial score (nSPS) is 13.4. The van der Waals surface area contributed by atoms with Crippen molar-refractivity contribution in [1.82, 2.24) is 10.2 Å². The van der Waals surface area contributed by atoms with Gasteiger partial charge < -0.3 is 9.47 Å². The van der Waals surface area contributed by atoms with Gasteiger partial charge in [-0.2, -0.15) is 0 Å². The molecule has 2 aromatic carbocycles. The molecule has 8 heteroatoms. The largest absolute Gasteiger partial charge is 0.454 e. The average Bonchev–Trinajstić information content (AvgIpc) is 3.31. The predicted molar refractivity (Wildman–Crippen MR) is 101 cm³/mol. The summed E-state index contributed by atoms with van der Waals surface area (Å²) in [6.07, 6.45) is 0. The standard InChI is InChI=1S/C18H15N3O3S2/c1-11(12-5-3-2-4-6-12)25-18-21-20-17(26-18)19-16(22)13-7-8-14-15(9-13)24-10-23-14/h2-9,11H,10H2,1H3,(H,19,20,22)/t11-/m1/s1. The highest BCUT2D eigenvalue weighted by molar-refractivity contribution is 8.01. The first-order valence-electron chi connectivity index (χ1n) is 7.95. The quantitative estimate of drug-likeness (QED) is 0.519. The summed E-state index contributed by atoms with van der Waals surface area (Å²) in [7, 11) is 0. The minimum atomic E-state index is -0.257. The van der Waals surface area contributed by atoms with Crippen LogP contribution in [0, 0.1) is 0 Å². The first-order valence-corrected chi connectivity index (χ1v) is 9.65. The van der Waals surface area contributed by atoms with Crippen LogP contribution in [-0.2, 0) is 0 Å². The summed E-state index contributed by atoms with van der Waals surface area (Å²) < 4.78 is 11.4. The van der Waals surface area contributed by atoms with Gasteiger partial charge in [0.2, 0.25) is 11.9 Å². The number of hydrogen-bond donors (Lipinski definition) is 1. The van der Waals surface area contributed by atoms with Gasteiger partial charge in [0.1, 0.15) is 0 Å². The summed E-state index contributed by atoms with van der Waals surface area (Å²) >= 11 is 2.97. The highest BCUT2D eigenvalue weighted by Crippen LogP contribution is 2.37. The van der Waals surface area contributed by atoms with Gasteiger partial charge in [-0.1, -0.05) is 53.4 Å². The van der Waals surface area contributed by atoms with E-state index in [9.17, 15) is 4.79 Å². The van der Waals surface area contributed by atoms with Gasteiger partial charge in [0.05, 0.1) is 0 Å². The molecule has 0 radical (unpaired) electrons. The molecular weight excluding hydrogens is 370 g/mol. The number of benzene rings is 2. The third-order valence-electron chi connectivity index (χ3n) is 3.81. The van der Waals surface area contributed by atoms with E-state index in [0.717, 1.165) is 4.34 Å². The molecule has 1 aliphatic heterocycles. The SMILES string of the molecule is C[C@@H](Sc1nnc(NC(=O)c2ccc3c(c2)OCO3)s1)c1ccccc1. The van der Waals surface area contributed by atoms with Gasteiger partial charge in [-0.05, 0) is 30.7 Å². The lowest BCUT2D eigenvalue weighted by atomic mass is 10.2. The van der Waals surface area contributed by atoms with E-state index in [0.29, 0.717) is 22.2 Å². The lowest BCUT2D eigenvalue weighted by Gasteiger charge is -2.08. The van der Waals surface area contributed by atoms with Gasteiger partial charge in [0.15, 0.2) is 15.8 Å². The van der Waals surface area contributed by atoms with E-state index in [1.807, 2.05) is 18.2 Å². The number of fused-ring (bicyclic) bond motifs is 1. The van der Waals surface area contributed by atoms with Gasteiger partial charge in [0.25, 0.3) is 5.91 Å². The number of nitrogens with one attached hydrogen (secondary N) is 1. The fraction of sp³-hybridized carbons (Fsp3) is 0.167. The average molecular weight is 385 g/mol. The lowest BCUT2D eigenvalue weighted by Crippen LogP contribution is -2.11. The third-order valence-corrected chi connectivity index (χ3v) is 5.89. The topological polar surface area (TPSA) is 73.3 Å². The molecule has 1 N–H and O–H groups in total. The van der Waals surface area contributed by atoms with Crippen LogP contribution in [0.5, 0.6) is 11.5 Å². The molecule has 1 atom stereocenters. The molecule has 0 saturated carbocycles. The van der Waals surface area contributed by atoms with Crippen LogP contribution in [0.15, 0.2) is 52.9 Å². The smallest absolute Gasteiger partial charge is 0.257 e. The molecule has 0 spiro atoms. The Balaban J connectivity index is 1.41. The van der Waals surface area contributed by atoms with E-state index in [-0.39, 0.29) is 18.0 Å². The molecule has 26 heavy (non-hydrogen) atoms. The molecule has 1 aliphatic rings. The molecule has 3 aromatic rings. The number of anilines is 1. The maximum Gasteiger partial charge on any atom is 0.257 e. The molecule has 0 bridgehead atoms. The lowest BCUT2D eigenvalue weighted by molar-refractivity contribution is 0.102. The molecule has 0 saturated heterocycles. The molecular formula is C18H15N3O3S2. The summed E-state index contributed by atoms with van der Waals surface area (Å²) in [5, 5.41) is 11.7. The summed E-state index contributed by atoms with van der Waals surface area (Å²) in [5.41, 5.74) is 1.70. The summed E-state index contributed by atoms with van der Waals surface area (Å²) in [6.45, 7) is 2.29. The maximum atomic E-state index is 12.4. The van der Waals surface area contributed by atoms with Crippen LogP contribution >= 0.6 is 23.1 Å². The van der Waals surface area contributed by atoms with Gasteiger partial charge in [-0.25, -0.2) is 0 Å². The zero-order chi connectivity index (χ0) is 17.9. The number of carbonyl (C=O) groups is 1. The van der Waals surface area contributed by atoms with Crippen LogP contribution in [-0.4, -0.2) is 22.9 Å². The molecule has 1 amide bonds. The zero-order valence-corrected chi connectivity index (χ0v) is 15.5. The summed E-state index contributed by atoms with van der Waals surface area (Å²) in [5.74, 6) is 0.959. The van der Waals surface area contributed by atoms with Crippen LogP contribution in [0.25, 0.3) is 0 Å². The number of rotatable bonds is 5. The van der Waals surface area contributed by atoms with Crippen molar-refractivity contribution in [3.05, 3.63) is 59.7 Å². The Bertz CT molecular complexity index is 930. The number of amides is 1. The van der Waals surface area contributed by atoms with E-state index in [1.165, 1.54) is 16.9 Å². The maximum absolute atomic E-state index is 12.4. The highest BCUT2D eigenvalue weighted by Gasteiger charge is 2.18. The second kappa shape index (κ2) is 7.35. The van der Waals surface area contributed by atoms with Gasteiger partial charge in [-0.15, -0.1) is 10.2 Å². The Hall–Kier alpha value is -2.58. The Morgan fingerprint density at radius 1 is 1.15 bits per heavy atom. The van der Waals surface area contributed by atoms with Crippen molar-refractivity contribution in [3.63, 3.8) is 0 Å². The summed E-state index contributed by atoms with van der Waals surface area (Å²) in [4.78, 5) is 12.4. The monoisotopic (exact) mass is 385 g/mol. The van der Waals surface area contributed by atoms with Crippen molar-refractivity contribution >= 4 is 34.1 Å². The zero-order valence-electron chi connectivity index (χ0n) is 13.8. The molecule has 0 fully saturated rings. The van der Waals surface area contributed by atoms with E-state index in [1.54, 1.807) is 30.0 Å². The van der Waals surface area contributed by atoms with Crippen LogP contribution < -0.4 is 14.8 Å². The van der Waals surface area contributed by atoms with Crippen LogP contribution in [0.4, 0.5) is 5.13 Å². The minimum absolute atomic E-state index is 0.178. The van der Waals surface area contributed by atoms with Crippen molar-refractivity contribution in [2.24, 2.45) is 0 Å². The number of hydrogen-bond acceptors (Lipinski definition) is 7. The van der Waals surface area contributed by atoms with Crippen LogP contribution in [0.2, 0.25) is 0 Å². The van der Waals surface area contributed by atoms with E-state index >= 15 is 0 Å². The van der Waals surface area contributed by atoms with Crippen molar-refractivity contribution < 1.29 is 14.3 Å². The molecule has 2 heterocycles. The third kappa shape index (κ3) is 3.66. The fourth-order valence-electron chi connectivity index (χ4n) is 2.46. The van der Waals surface area contributed by atoms with Crippen molar-refractivity contribution in [1.29, 1.82) is 0 Å². The minimum Gasteiger partial charge on any atom is -0.454 e. The Kier molecular flexibility index (Phi) is 4.77. The fourth-order valence-corrected chi connectivity index (χ4v) is 4.48. The van der Waals surface area contributed by atoms with Gasteiger partial charge in [-0.3, -0.25) is 10.1 Å². The molecule has 1 aromatic heterocycles. The van der Waals surface area contributed by atoms with Crippen molar-refractivity contribution in [2.45, 2.75) is 16.5 Å². The number of thioether (sulfide) groups is 1. The number of aromatic nitrogens is 2. The van der Waals surface area contributed by atoms with Gasteiger partial charge in [0, 0.05) is 10.8 Å². The Morgan fingerprint density at radius 2 is 1.96 bits per heavy atom. The summed E-state index contributed by atoms with van der Waals surface area (Å²) in [6, 6.07) is 15.3. The molecule has 0 unspecified atom stereocenters. The van der Waals surface area contributed by atoms with Crippen LogP contribution in [0.1, 0.15) is 28.1 Å². The molecule has 0 aliphatic carbocycles. The molecule has 4 rings (SSSR count). The number of nitrogens with zero attached hydrogens (tertiary/aromatic N) is 2. The Morgan fingerprint density at radius 3 is 2.81 bits per heavy atom. The van der Waals surface area contributed by atoms with E-state index in [4.69, 9.17) is 9.47 Å². The highest BCUT2D eigenvalue weighted by atomic mass is 32.2. The molecule has 6 nitrogen and oxygen atoms in total. The first kappa shape index (κ1) is 16.9. The second-order valence-electron chi connectivity index (χ2n) is 5.57. The molecule has 132 valence electrons. The van der Waals surface area contributed by atoms with Crippen LogP contribution in [0.3, 0.4) is 0 Å². The van der Waals surface area contributed by atoms with E-state index < -0.39 is 0 Å². The predicted octanol–water partition coefficient (Wildman–Crippen LogP) is 4.37. The first-order chi connectivity index (χ1) is 12.7. The van der Waals surface area contributed by atoms with Crippen molar-refractivity contribution in [3.8, 4) is 11.5 Å². The number of carbonyl (C=O) groups excluding carboxylic acids is 1.